The fraction of sp³-hybridized carbons (Fsp3) is 0.444. The van der Waals surface area contributed by atoms with Crippen LogP contribution in [0.2, 0.25) is 0 Å². The molecule has 1 aromatic heterocycles. The van der Waals surface area contributed by atoms with Gasteiger partial charge in [-0.3, -0.25) is 9.59 Å². The predicted octanol–water partition coefficient (Wildman–Crippen LogP) is 3.65. The average Bonchev–Trinajstić information content (AvgIpc) is 3.17. The molecule has 1 aliphatic heterocycles. The molecule has 0 saturated carbocycles. The molecule has 0 bridgehead atoms. The topological polar surface area (TPSA) is 76.5 Å². The number of nitrogens with one attached hydrogen (secondary N) is 1. The van der Waals surface area contributed by atoms with Gasteiger partial charge in [0.1, 0.15) is 18.1 Å². The van der Waals surface area contributed by atoms with Gasteiger partial charge in [0.05, 0.1) is 11.0 Å². The maximum atomic E-state index is 13.0. The summed E-state index contributed by atoms with van der Waals surface area (Å²) in [6.07, 6.45) is 2.65. The molecule has 2 amide bonds. The summed E-state index contributed by atoms with van der Waals surface area (Å²) in [6, 6.07) is 13.8. The van der Waals surface area contributed by atoms with Gasteiger partial charge >= 0.3 is 0 Å². The van der Waals surface area contributed by atoms with Crippen LogP contribution < -0.4 is 10.1 Å². The Morgan fingerprint density at radius 2 is 1.88 bits per heavy atom. The minimum absolute atomic E-state index is 0.0351. The Balaban J connectivity index is 1.36. The Kier molecular flexibility index (Phi) is 7.50. The molecule has 1 aliphatic rings. The second-order valence-corrected chi connectivity index (χ2v) is 9.32. The molecule has 180 valence electrons. The first kappa shape index (κ1) is 23.8. The number of amides is 2. The van der Waals surface area contributed by atoms with Gasteiger partial charge in [0.2, 0.25) is 5.91 Å². The number of imidazole rings is 1. The summed E-state index contributed by atoms with van der Waals surface area (Å²) in [5.41, 5.74) is 3.90. The molecule has 7 heteroatoms. The van der Waals surface area contributed by atoms with Crippen molar-refractivity contribution in [3.63, 3.8) is 0 Å². The zero-order valence-corrected chi connectivity index (χ0v) is 20.3. The van der Waals surface area contributed by atoms with Crippen LogP contribution in [0, 0.1) is 19.8 Å². The van der Waals surface area contributed by atoms with E-state index in [1.807, 2.05) is 65.8 Å². The number of aryl methyl sites for hydroxylation is 2. The molecule has 2 aromatic carbocycles. The second-order valence-electron chi connectivity index (χ2n) is 9.32. The first-order valence-corrected chi connectivity index (χ1v) is 12.1. The Bertz CT molecular complexity index is 1160. The van der Waals surface area contributed by atoms with E-state index >= 15 is 0 Å². The summed E-state index contributed by atoms with van der Waals surface area (Å²) < 4.78 is 7.69. The molecule has 0 spiro atoms. The summed E-state index contributed by atoms with van der Waals surface area (Å²) >= 11 is 0. The molecule has 7 nitrogen and oxygen atoms in total. The molecule has 0 atom stereocenters. The molecule has 4 rings (SSSR count). The van der Waals surface area contributed by atoms with Crippen molar-refractivity contribution in [2.75, 3.05) is 26.2 Å². The third kappa shape index (κ3) is 5.76. The molecule has 0 aliphatic carbocycles. The molecular formula is C27H34N4O3. The van der Waals surface area contributed by atoms with Crippen molar-refractivity contribution in [2.24, 2.45) is 5.92 Å². The number of piperidine rings is 1. The van der Waals surface area contributed by atoms with E-state index in [1.165, 1.54) is 0 Å². The van der Waals surface area contributed by atoms with Crippen molar-refractivity contribution >= 4 is 22.8 Å². The van der Waals surface area contributed by atoms with Crippen LogP contribution in [-0.2, 0) is 22.6 Å². The lowest BCUT2D eigenvalue weighted by atomic mass is 9.99. The van der Waals surface area contributed by atoms with E-state index in [0.29, 0.717) is 18.9 Å². The fourth-order valence-electron chi connectivity index (χ4n) is 4.36. The van der Waals surface area contributed by atoms with Crippen LogP contribution in [0.4, 0.5) is 0 Å². The highest BCUT2D eigenvalue weighted by Crippen LogP contribution is 2.20. The summed E-state index contributed by atoms with van der Waals surface area (Å²) in [5, 5.41) is 2.92. The van der Waals surface area contributed by atoms with E-state index in [1.54, 1.807) is 0 Å². The average molecular weight is 463 g/mol. The number of ether oxygens (including phenoxy) is 1. The molecular weight excluding hydrogens is 428 g/mol. The quantitative estimate of drug-likeness (QED) is 0.554. The molecule has 1 N–H and O–H groups in total. The minimum Gasteiger partial charge on any atom is -0.483 e. The number of nitrogens with zero attached hydrogens (tertiary/aromatic N) is 3. The first-order valence-electron chi connectivity index (χ1n) is 12.1. The van der Waals surface area contributed by atoms with Crippen LogP contribution >= 0.6 is 0 Å². The number of hydrogen-bond acceptors (Lipinski definition) is 4. The Labute approximate surface area is 201 Å². The number of carbonyl (C=O) groups is 2. The van der Waals surface area contributed by atoms with Gasteiger partial charge < -0.3 is 19.5 Å². The molecule has 0 unspecified atom stereocenters. The predicted molar refractivity (Wildman–Crippen MR) is 133 cm³/mol. The van der Waals surface area contributed by atoms with Crippen molar-refractivity contribution in [2.45, 2.75) is 46.6 Å². The van der Waals surface area contributed by atoms with Gasteiger partial charge in [0, 0.05) is 26.1 Å². The maximum absolute atomic E-state index is 13.0. The number of rotatable bonds is 8. The number of aromatic nitrogens is 2. The van der Waals surface area contributed by atoms with Gasteiger partial charge in [-0.2, -0.15) is 0 Å². The summed E-state index contributed by atoms with van der Waals surface area (Å²) in [5.74, 6) is 2.15. The molecule has 2 heterocycles. The highest BCUT2D eigenvalue weighted by atomic mass is 16.5. The van der Waals surface area contributed by atoms with E-state index in [9.17, 15) is 9.59 Å². The standard InChI is InChI=1S/C27H34N4O3/c1-19-11-14-30(15-12-19)27(33)17-31-23-7-5-4-6-22(23)29-25(31)10-13-28-26(32)18-34-24-16-20(2)8-9-21(24)3/h4-9,16,19H,10-15,17-18H2,1-3H3,(H,28,32). The van der Waals surface area contributed by atoms with Gasteiger partial charge in [0.25, 0.3) is 5.91 Å². The second kappa shape index (κ2) is 10.7. The lowest BCUT2D eigenvalue weighted by Gasteiger charge is -2.30. The smallest absolute Gasteiger partial charge is 0.257 e. The third-order valence-corrected chi connectivity index (χ3v) is 6.54. The molecule has 3 aromatic rings. The van der Waals surface area contributed by atoms with E-state index in [2.05, 4.69) is 12.2 Å². The molecule has 1 saturated heterocycles. The van der Waals surface area contributed by atoms with Gasteiger partial charge in [-0.25, -0.2) is 4.98 Å². The zero-order valence-electron chi connectivity index (χ0n) is 20.3. The van der Waals surface area contributed by atoms with Crippen molar-refractivity contribution < 1.29 is 14.3 Å². The highest BCUT2D eigenvalue weighted by molar-refractivity contribution is 5.81. The maximum Gasteiger partial charge on any atom is 0.257 e. The largest absolute Gasteiger partial charge is 0.483 e. The number of hydrogen-bond donors (Lipinski definition) is 1. The SMILES string of the molecule is Cc1ccc(C)c(OCC(=O)NCCc2nc3ccccc3n2CC(=O)N2CCC(C)CC2)c1. The number of benzene rings is 2. The Morgan fingerprint density at radius 3 is 2.68 bits per heavy atom. The highest BCUT2D eigenvalue weighted by Gasteiger charge is 2.22. The van der Waals surface area contributed by atoms with E-state index in [4.69, 9.17) is 9.72 Å². The minimum atomic E-state index is -0.179. The summed E-state index contributed by atoms with van der Waals surface area (Å²) in [4.78, 5) is 32.1. The Hall–Kier alpha value is -3.35. The van der Waals surface area contributed by atoms with Crippen molar-refractivity contribution in [1.82, 2.24) is 19.8 Å². The van der Waals surface area contributed by atoms with Crippen LogP contribution in [0.15, 0.2) is 42.5 Å². The van der Waals surface area contributed by atoms with Crippen LogP contribution in [0.25, 0.3) is 11.0 Å². The van der Waals surface area contributed by atoms with Crippen molar-refractivity contribution in [1.29, 1.82) is 0 Å². The lowest BCUT2D eigenvalue weighted by molar-refractivity contribution is -0.133. The van der Waals surface area contributed by atoms with E-state index < -0.39 is 0 Å². The van der Waals surface area contributed by atoms with Crippen LogP contribution in [0.5, 0.6) is 5.75 Å². The summed E-state index contributed by atoms with van der Waals surface area (Å²) in [7, 11) is 0. The molecule has 34 heavy (non-hydrogen) atoms. The Morgan fingerprint density at radius 1 is 1.12 bits per heavy atom. The first-order chi connectivity index (χ1) is 16.4. The third-order valence-electron chi connectivity index (χ3n) is 6.54. The number of fused-ring (bicyclic) bond motifs is 1. The normalized spacial score (nSPS) is 14.4. The van der Waals surface area contributed by atoms with Gasteiger partial charge in [-0.05, 0) is 61.9 Å². The van der Waals surface area contributed by atoms with Gasteiger partial charge in [-0.1, -0.05) is 31.2 Å². The van der Waals surface area contributed by atoms with E-state index in [0.717, 1.165) is 59.7 Å². The zero-order chi connectivity index (χ0) is 24.1. The van der Waals surface area contributed by atoms with Crippen LogP contribution in [0.3, 0.4) is 0 Å². The van der Waals surface area contributed by atoms with E-state index in [-0.39, 0.29) is 25.0 Å². The van der Waals surface area contributed by atoms with Gasteiger partial charge in [-0.15, -0.1) is 0 Å². The number of likely N-dealkylation sites (tertiary alicyclic amines) is 1. The van der Waals surface area contributed by atoms with Gasteiger partial charge in [0.15, 0.2) is 6.61 Å². The van der Waals surface area contributed by atoms with Crippen LogP contribution in [-0.4, -0.2) is 52.5 Å². The number of carbonyl (C=O) groups excluding carboxylic acids is 2. The van der Waals surface area contributed by atoms with Crippen molar-refractivity contribution in [3.05, 3.63) is 59.4 Å². The monoisotopic (exact) mass is 462 g/mol. The van der Waals surface area contributed by atoms with Crippen molar-refractivity contribution in [3.8, 4) is 5.75 Å². The van der Waals surface area contributed by atoms with Crippen LogP contribution in [0.1, 0.15) is 36.7 Å². The fourth-order valence-corrected chi connectivity index (χ4v) is 4.36. The molecule has 0 radical (unpaired) electrons. The number of para-hydroxylation sites is 2. The summed E-state index contributed by atoms with van der Waals surface area (Å²) in [6.45, 7) is 8.49. The lowest BCUT2D eigenvalue weighted by Crippen LogP contribution is -2.40. The molecule has 1 fully saturated rings.